The Hall–Kier alpha value is -0.910. The highest BCUT2D eigenvalue weighted by atomic mass is 32.1. The SMILES string of the molecule is Cc1ccsc1C(=O)N1CC(O)CO1. The maximum absolute atomic E-state index is 11.8. The van der Waals surface area contributed by atoms with E-state index in [1.165, 1.54) is 16.4 Å². The van der Waals surface area contributed by atoms with Crippen molar-refractivity contribution < 1.29 is 14.7 Å². The molecular weight excluding hydrogens is 202 g/mol. The standard InChI is InChI=1S/C9H11NO3S/c1-6-2-3-14-8(6)9(12)10-4-7(11)5-13-10/h2-3,7,11H,4-5H2,1H3. The molecule has 2 rings (SSSR count). The molecule has 2 heterocycles. The van der Waals surface area contributed by atoms with Gasteiger partial charge >= 0.3 is 0 Å². The van der Waals surface area contributed by atoms with Gasteiger partial charge in [-0.1, -0.05) is 0 Å². The van der Waals surface area contributed by atoms with Gasteiger partial charge in [-0.05, 0) is 23.9 Å². The predicted octanol–water partition coefficient (Wildman–Crippen LogP) is 0.805. The number of thiophene rings is 1. The number of carbonyl (C=O) groups excluding carboxylic acids is 1. The van der Waals surface area contributed by atoms with Crippen LogP contribution in [0, 0.1) is 6.92 Å². The molecule has 1 aromatic heterocycles. The fourth-order valence-electron chi connectivity index (χ4n) is 1.32. The van der Waals surface area contributed by atoms with E-state index in [0.29, 0.717) is 4.88 Å². The van der Waals surface area contributed by atoms with Gasteiger partial charge < -0.3 is 5.11 Å². The molecule has 0 saturated carbocycles. The first-order chi connectivity index (χ1) is 6.68. The summed E-state index contributed by atoms with van der Waals surface area (Å²) in [6.45, 7) is 2.35. The molecule has 1 aliphatic rings. The Morgan fingerprint density at radius 3 is 3.07 bits per heavy atom. The molecular formula is C9H11NO3S. The van der Waals surface area contributed by atoms with Crippen LogP contribution in [0.3, 0.4) is 0 Å². The molecule has 0 bridgehead atoms. The molecule has 5 heteroatoms. The molecule has 1 amide bonds. The van der Waals surface area contributed by atoms with Crippen LogP contribution in [0.25, 0.3) is 0 Å². The fraction of sp³-hybridized carbons (Fsp3) is 0.444. The topological polar surface area (TPSA) is 49.8 Å². The Kier molecular flexibility index (Phi) is 2.54. The number of aryl methyl sites for hydroxylation is 1. The Morgan fingerprint density at radius 1 is 1.79 bits per heavy atom. The fourth-order valence-corrected chi connectivity index (χ4v) is 2.18. The van der Waals surface area contributed by atoms with E-state index < -0.39 is 6.10 Å². The number of hydroxylamine groups is 2. The Balaban J connectivity index is 2.13. The first-order valence-corrected chi connectivity index (χ1v) is 5.23. The van der Waals surface area contributed by atoms with Gasteiger partial charge in [0.25, 0.3) is 5.91 Å². The monoisotopic (exact) mass is 213 g/mol. The highest BCUT2D eigenvalue weighted by Crippen LogP contribution is 2.19. The quantitative estimate of drug-likeness (QED) is 0.751. The van der Waals surface area contributed by atoms with E-state index in [9.17, 15) is 9.90 Å². The Labute approximate surface area is 85.7 Å². The molecule has 1 fully saturated rings. The van der Waals surface area contributed by atoms with Gasteiger partial charge in [0.15, 0.2) is 0 Å². The van der Waals surface area contributed by atoms with Gasteiger partial charge in [0.2, 0.25) is 0 Å². The van der Waals surface area contributed by atoms with Crippen LogP contribution in [-0.4, -0.2) is 35.3 Å². The molecule has 1 saturated heterocycles. The first-order valence-electron chi connectivity index (χ1n) is 4.35. The normalized spacial score (nSPS) is 21.6. The van der Waals surface area contributed by atoms with Crippen LogP contribution < -0.4 is 0 Å². The molecule has 0 aliphatic carbocycles. The molecule has 14 heavy (non-hydrogen) atoms. The summed E-state index contributed by atoms with van der Waals surface area (Å²) in [6.07, 6.45) is -0.556. The van der Waals surface area contributed by atoms with Crippen molar-refractivity contribution in [2.45, 2.75) is 13.0 Å². The van der Waals surface area contributed by atoms with Gasteiger partial charge in [0, 0.05) is 0 Å². The van der Waals surface area contributed by atoms with Crippen molar-refractivity contribution in [1.29, 1.82) is 0 Å². The lowest BCUT2D eigenvalue weighted by Gasteiger charge is -2.12. The van der Waals surface area contributed by atoms with Gasteiger partial charge in [-0.15, -0.1) is 11.3 Å². The number of aliphatic hydroxyl groups excluding tert-OH is 1. The highest BCUT2D eigenvalue weighted by Gasteiger charge is 2.28. The maximum atomic E-state index is 11.8. The summed E-state index contributed by atoms with van der Waals surface area (Å²) >= 11 is 1.39. The minimum absolute atomic E-state index is 0.158. The smallest absolute Gasteiger partial charge is 0.287 e. The molecule has 0 radical (unpaired) electrons. The third-order valence-electron chi connectivity index (χ3n) is 2.08. The van der Waals surface area contributed by atoms with Crippen molar-refractivity contribution >= 4 is 17.2 Å². The number of amides is 1. The summed E-state index contributed by atoms with van der Waals surface area (Å²) in [5, 5.41) is 12.3. The molecule has 0 spiro atoms. The Morgan fingerprint density at radius 2 is 2.57 bits per heavy atom. The average molecular weight is 213 g/mol. The highest BCUT2D eigenvalue weighted by molar-refractivity contribution is 7.12. The number of hydrogen-bond donors (Lipinski definition) is 1. The van der Waals surface area contributed by atoms with Crippen molar-refractivity contribution in [3.05, 3.63) is 21.9 Å². The summed E-state index contributed by atoms with van der Waals surface area (Å²) < 4.78 is 0. The molecule has 1 atom stereocenters. The first kappa shape index (κ1) is 9.64. The molecule has 76 valence electrons. The number of β-amino-alcohol motifs (C(OH)–C–C–N with tert-alkyl or cyclic N) is 1. The van der Waals surface area contributed by atoms with Crippen LogP contribution in [0.2, 0.25) is 0 Å². The van der Waals surface area contributed by atoms with Crippen molar-refractivity contribution in [3.8, 4) is 0 Å². The lowest BCUT2D eigenvalue weighted by Crippen LogP contribution is -2.28. The Bertz CT molecular complexity index is 350. The molecule has 1 aromatic rings. The molecule has 1 N–H and O–H groups in total. The predicted molar refractivity (Wildman–Crippen MR) is 52.1 cm³/mol. The van der Waals surface area contributed by atoms with E-state index in [1.807, 2.05) is 18.4 Å². The van der Waals surface area contributed by atoms with E-state index in [2.05, 4.69) is 0 Å². The summed E-state index contributed by atoms with van der Waals surface area (Å²) in [5.74, 6) is -0.158. The summed E-state index contributed by atoms with van der Waals surface area (Å²) in [5.41, 5.74) is 0.949. The van der Waals surface area contributed by atoms with Gasteiger partial charge in [0.05, 0.1) is 11.4 Å². The van der Waals surface area contributed by atoms with Crippen molar-refractivity contribution in [3.63, 3.8) is 0 Å². The van der Waals surface area contributed by atoms with Crippen molar-refractivity contribution in [2.24, 2.45) is 0 Å². The number of aliphatic hydroxyl groups is 1. The zero-order valence-corrected chi connectivity index (χ0v) is 8.58. The largest absolute Gasteiger partial charge is 0.389 e. The number of rotatable bonds is 1. The molecule has 1 aliphatic heterocycles. The van der Waals surface area contributed by atoms with Crippen LogP contribution in [0.1, 0.15) is 15.2 Å². The second-order valence-corrected chi connectivity index (χ2v) is 4.16. The molecule has 0 aromatic carbocycles. The lowest BCUT2D eigenvalue weighted by atomic mass is 10.3. The van der Waals surface area contributed by atoms with Gasteiger partial charge in [-0.3, -0.25) is 9.63 Å². The van der Waals surface area contributed by atoms with Crippen molar-refractivity contribution in [2.75, 3.05) is 13.2 Å². The minimum Gasteiger partial charge on any atom is -0.389 e. The summed E-state index contributed by atoms with van der Waals surface area (Å²) in [7, 11) is 0. The third kappa shape index (κ3) is 1.66. The van der Waals surface area contributed by atoms with Crippen molar-refractivity contribution in [1.82, 2.24) is 5.06 Å². The number of carbonyl (C=O) groups is 1. The second-order valence-electron chi connectivity index (χ2n) is 3.25. The summed E-state index contributed by atoms with van der Waals surface area (Å²) in [6, 6.07) is 1.89. The zero-order valence-electron chi connectivity index (χ0n) is 7.77. The van der Waals surface area contributed by atoms with E-state index >= 15 is 0 Å². The van der Waals surface area contributed by atoms with E-state index in [4.69, 9.17) is 4.84 Å². The average Bonchev–Trinajstić information content (AvgIpc) is 2.73. The van der Waals surface area contributed by atoms with Crippen LogP contribution in [0.5, 0.6) is 0 Å². The van der Waals surface area contributed by atoms with Crippen LogP contribution in [0.4, 0.5) is 0 Å². The van der Waals surface area contributed by atoms with E-state index in [1.54, 1.807) is 0 Å². The zero-order chi connectivity index (χ0) is 10.1. The molecule has 1 unspecified atom stereocenters. The van der Waals surface area contributed by atoms with E-state index in [0.717, 1.165) is 5.56 Å². The number of nitrogens with zero attached hydrogens (tertiary/aromatic N) is 1. The van der Waals surface area contributed by atoms with Gasteiger partial charge in [0.1, 0.15) is 12.7 Å². The molecule has 4 nitrogen and oxygen atoms in total. The lowest BCUT2D eigenvalue weighted by molar-refractivity contribution is -0.0777. The van der Waals surface area contributed by atoms with Crippen LogP contribution in [-0.2, 0) is 4.84 Å². The van der Waals surface area contributed by atoms with Crippen LogP contribution in [0.15, 0.2) is 11.4 Å². The minimum atomic E-state index is -0.556. The van der Waals surface area contributed by atoms with Gasteiger partial charge in [-0.25, -0.2) is 5.06 Å². The van der Waals surface area contributed by atoms with Gasteiger partial charge in [-0.2, -0.15) is 0 Å². The summed E-state index contributed by atoms with van der Waals surface area (Å²) in [4.78, 5) is 17.5. The van der Waals surface area contributed by atoms with E-state index in [-0.39, 0.29) is 19.1 Å². The number of hydrogen-bond acceptors (Lipinski definition) is 4. The second kappa shape index (κ2) is 3.68. The maximum Gasteiger partial charge on any atom is 0.287 e. The third-order valence-corrected chi connectivity index (χ3v) is 3.09. The van der Waals surface area contributed by atoms with Crippen LogP contribution >= 0.6 is 11.3 Å².